The van der Waals surface area contributed by atoms with Crippen molar-refractivity contribution in [3.05, 3.63) is 46.7 Å². The van der Waals surface area contributed by atoms with Crippen molar-refractivity contribution in [2.24, 2.45) is 0 Å². The first-order valence-corrected chi connectivity index (χ1v) is 9.10. The van der Waals surface area contributed by atoms with Crippen LogP contribution in [-0.4, -0.2) is 45.5 Å². The third kappa shape index (κ3) is 2.98. The molecule has 3 heterocycles. The number of thiophene rings is 1. The number of aliphatic carboxylic acids is 1. The van der Waals surface area contributed by atoms with Gasteiger partial charge in [-0.3, -0.25) is 4.79 Å². The van der Waals surface area contributed by atoms with E-state index in [9.17, 15) is 19.1 Å². The van der Waals surface area contributed by atoms with Gasteiger partial charge in [0.2, 0.25) is 0 Å². The number of carbonyl (C=O) groups is 2. The van der Waals surface area contributed by atoms with Crippen LogP contribution in [0.3, 0.4) is 0 Å². The van der Waals surface area contributed by atoms with E-state index in [-0.39, 0.29) is 25.5 Å². The number of carboxylic acids is 1. The Morgan fingerprint density at radius 2 is 2.11 bits per heavy atom. The smallest absolute Gasteiger partial charge is 0.331 e. The molecule has 4 rings (SSSR count). The highest BCUT2D eigenvalue weighted by atomic mass is 32.1. The van der Waals surface area contributed by atoms with Gasteiger partial charge in [0.1, 0.15) is 10.6 Å². The van der Waals surface area contributed by atoms with Crippen LogP contribution >= 0.6 is 11.3 Å². The van der Waals surface area contributed by atoms with Crippen molar-refractivity contribution < 1.29 is 23.8 Å². The Morgan fingerprint density at radius 1 is 1.37 bits per heavy atom. The lowest BCUT2D eigenvalue weighted by Gasteiger charge is -2.23. The number of aromatic nitrogens is 2. The quantitative estimate of drug-likeness (QED) is 0.715. The molecule has 27 heavy (non-hydrogen) atoms. The zero-order chi connectivity index (χ0) is 19.2. The largest absolute Gasteiger partial charge is 0.479 e. The van der Waals surface area contributed by atoms with E-state index >= 15 is 0 Å². The van der Waals surface area contributed by atoms with E-state index in [1.54, 1.807) is 22.9 Å². The Balaban J connectivity index is 1.69. The van der Waals surface area contributed by atoms with Crippen molar-refractivity contribution in [3.8, 4) is 5.69 Å². The zero-order valence-corrected chi connectivity index (χ0v) is 15.2. The lowest BCUT2D eigenvalue weighted by Crippen LogP contribution is -2.55. The number of nitrogens with zero attached hydrogens (tertiary/aromatic N) is 2. The van der Waals surface area contributed by atoms with Crippen LogP contribution in [0.4, 0.5) is 4.39 Å². The van der Waals surface area contributed by atoms with E-state index in [2.05, 4.69) is 10.4 Å². The van der Waals surface area contributed by atoms with Crippen LogP contribution in [0.1, 0.15) is 21.8 Å². The summed E-state index contributed by atoms with van der Waals surface area (Å²) >= 11 is 1.21. The number of nitrogens with one attached hydrogen (secondary N) is 1. The summed E-state index contributed by atoms with van der Waals surface area (Å²) in [7, 11) is 0. The predicted octanol–water partition coefficient (Wildman–Crippen LogP) is 2.51. The van der Waals surface area contributed by atoms with Gasteiger partial charge in [-0.15, -0.1) is 11.3 Å². The fourth-order valence-electron chi connectivity index (χ4n) is 3.08. The van der Waals surface area contributed by atoms with Gasteiger partial charge in [0, 0.05) is 18.4 Å². The van der Waals surface area contributed by atoms with Crippen molar-refractivity contribution in [1.82, 2.24) is 15.1 Å². The van der Waals surface area contributed by atoms with E-state index in [0.717, 1.165) is 15.9 Å². The summed E-state index contributed by atoms with van der Waals surface area (Å²) in [6.07, 6.45) is 0.224. The highest BCUT2D eigenvalue weighted by Crippen LogP contribution is 2.31. The van der Waals surface area contributed by atoms with Crippen molar-refractivity contribution in [3.63, 3.8) is 0 Å². The first-order valence-electron chi connectivity index (χ1n) is 8.28. The first-order chi connectivity index (χ1) is 12.9. The number of carboxylic acid groups (broad SMARTS) is 1. The molecule has 1 aromatic carbocycles. The molecule has 9 heteroatoms. The van der Waals surface area contributed by atoms with Gasteiger partial charge in [-0.1, -0.05) is 0 Å². The summed E-state index contributed by atoms with van der Waals surface area (Å²) in [6.45, 7) is 2.05. The number of hydrogen-bond donors (Lipinski definition) is 2. The maximum atomic E-state index is 13.2. The molecule has 0 spiro atoms. The zero-order valence-electron chi connectivity index (χ0n) is 14.4. The Kier molecular flexibility index (Phi) is 4.20. The number of rotatable bonds is 4. The Bertz CT molecular complexity index is 1030. The number of halogens is 1. The van der Waals surface area contributed by atoms with Crippen molar-refractivity contribution in [2.45, 2.75) is 18.9 Å². The second-order valence-corrected chi connectivity index (χ2v) is 7.48. The van der Waals surface area contributed by atoms with Crippen molar-refractivity contribution >= 4 is 33.4 Å². The minimum atomic E-state index is -1.40. The van der Waals surface area contributed by atoms with E-state index in [1.807, 2.05) is 6.92 Å². The molecule has 1 unspecified atom stereocenters. The third-order valence-electron chi connectivity index (χ3n) is 4.62. The highest BCUT2D eigenvalue weighted by Gasteiger charge is 2.44. The van der Waals surface area contributed by atoms with E-state index in [0.29, 0.717) is 10.6 Å². The maximum Gasteiger partial charge on any atom is 0.331 e. The topological polar surface area (TPSA) is 93.5 Å². The van der Waals surface area contributed by atoms with Gasteiger partial charge in [0.25, 0.3) is 5.91 Å². The standard InChI is InChI=1S/C18H16FN3O4S/c1-10-13-8-14(15(23)20-18(17(24)25)6-7-26-9-18)27-16(13)22(21-10)12-4-2-11(19)3-5-12/h2-5,8H,6-7,9H2,1H3,(H,20,23)(H,24,25). The number of fused-ring (bicyclic) bond motifs is 1. The molecule has 3 aromatic rings. The number of carbonyl (C=O) groups excluding carboxylic acids is 1. The van der Waals surface area contributed by atoms with Gasteiger partial charge in [-0.25, -0.2) is 13.9 Å². The van der Waals surface area contributed by atoms with Crippen LogP contribution in [0.2, 0.25) is 0 Å². The van der Waals surface area contributed by atoms with E-state index in [1.165, 1.54) is 23.5 Å². The molecule has 0 aliphatic carbocycles. The summed E-state index contributed by atoms with van der Waals surface area (Å²) < 4.78 is 20.0. The number of benzene rings is 1. The number of aryl methyl sites for hydroxylation is 1. The molecule has 140 valence electrons. The molecule has 1 fully saturated rings. The Morgan fingerprint density at radius 3 is 2.74 bits per heavy atom. The fourth-order valence-corrected chi connectivity index (χ4v) is 4.16. The molecule has 2 N–H and O–H groups in total. The molecular weight excluding hydrogens is 373 g/mol. The monoisotopic (exact) mass is 389 g/mol. The second-order valence-electron chi connectivity index (χ2n) is 6.45. The Hall–Kier alpha value is -2.78. The second kappa shape index (κ2) is 6.43. The SMILES string of the molecule is Cc1nn(-c2ccc(F)cc2)c2sc(C(=O)NC3(C(=O)O)CCOC3)cc12. The molecule has 1 aliphatic heterocycles. The molecule has 0 radical (unpaired) electrons. The van der Waals surface area contributed by atoms with Gasteiger partial charge in [0.05, 0.1) is 22.9 Å². The Labute approximate surface area is 157 Å². The minimum Gasteiger partial charge on any atom is -0.479 e. The summed E-state index contributed by atoms with van der Waals surface area (Å²) in [5.41, 5.74) is 0.00181. The number of amides is 1. The van der Waals surface area contributed by atoms with Gasteiger partial charge >= 0.3 is 5.97 Å². The van der Waals surface area contributed by atoms with Gasteiger partial charge < -0.3 is 15.2 Å². The molecule has 1 atom stereocenters. The number of ether oxygens (including phenoxy) is 1. The van der Waals surface area contributed by atoms with Crippen LogP contribution in [0, 0.1) is 12.7 Å². The molecule has 0 bridgehead atoms. The molecule has 2 aromatic heterocycles. The third-order valence-corrected chi connectivity index (χ3v) is 5.73. The molecule has 1 aliphatic rings. The predicted molar refractivity (Wildman–Crippen MR) is 96.9 cm³/mol. The molecule has 0 saturated carbocycles. The van der Waals surface area contributed by atoms with Crippen molar-refractivity contribution in [2.75, 3.05) is 13.2 Å². The summed E-state index contributed by atoms with van der Waals surface area (Å²) in [5, 5.41) is 17.3. The van der Waals surface area contributed by atoms with E-state index in [4.69, 9.17) is 4.74 Å². The minimum absolute atomic E-state index is 0.0542. The fraction of sp³-hybridized carbons (Fsp3) is 0.278. The summed E-state index contributed by atoms with van der Waals surface area (Å²) in [4.78, 5) is 25.4. The number of hydrogen-bond acceptors (Lipinski definition) is 5. The molecule has 1 amide bonds. The highest BCUT2D eigenvalue weighted by molar-refractivity contribution is 7.20. The first kappa shape index (κ1) is 17.6. The van der Waals surface area contributed by atoms with Crippen LogP contribution in [-0.2, 0) is 9.53 Å². The normalized spacial score (nSPS) is 19.5. The molecular formula is C18H16FN3O4S. The van der Waals surface area contributed by atoms with Crippen LogP contribution in [0.25, 0.3) is 15.9 Å². The van der Waals surface area contributed by atoms with Crippen molar-refractivity contribution in [1.29, 1.82) is 0 Å². The van der Waals surface area contributed by atoms with Crippen LogP contribution in [0.5, 0.6) is 0 Å². The maximum absolute atomic E-state index is 13.2. The molecule has 1 saturated heterocycles. The average Bonchev–Trinajstić information content (AvgIpc) is 3.33. The average molecular weight is 389 g/mol. The van der Waals surface area contributed by atoms with E-state index < -0.39 is 17.4 Å². The lowest BCUT2D eigenvalue weighted by atomic mass is 9.99. The van der Waals surface area contributed by atoms with Gasteiger partial charge in [-0.2, -0.15) is 5.10 Å². The van der Waals surface area contributed by atoms with Crippen LogP contribution < -0.4 is 5.32 Å². The molecule has 7 nitrogen and oxygen atoms in total. The van der Waals surface area contributed by atoms with Gasteiger partial charge in [-0.05, 0) is 37.3 Å². The summed E-state index contributed by atoms with van der Waals surface area (Å²) in [6, 6.07) is 7.60. The van der Waals surface area contributed by atoms with Crippen LogP contribution in [0.15, 0.2) is 30.3 Å². The summed E-state index contributed by atoms with van der Waals surface area (Å²) in [5.74, 6) is -1.92. The lowest BCUT2D eigenvalue weighted by molar-refractivity contribution is -0.144. The van der Waals surface area contributed by atoms with Gasteiger partial charge in [0.15, 0.2) is 5.54 Å².